The van der Waals surface area contributed by atoms with Gasteiger partial charge in [-0.05, 0) is 37.0 Å². The van der Waals surface area contributed by atoms with Crippen molar-refractivity contribution >= 4 is 11.8 Å². The Morgan fingerprint density at radius 1 is 1.22 bits per heavy atom. The van der Waals surface area contributed by atoms with E-state index in [2.05, 4.69) is 41.4 Å². The van der Waals surface area contributed by atoms with Crippen LogP contribution in [0.5, 0.6) is 0 Å². The number of benzene rings is 1. The van der Waals surface area contributed by atoms with Crippen LogP contribution in [0.3, 0.4) is 0 Å². The van der Waals surface area contributed by atoms with Gasteiger partial charge in [-0.2, -0.15) is 0 Å². The molecule has 1 aliphatic rings. The minimum Gasteiger partial charge on any atom is -0.481 e. The highest BCUT2D eigenvalue weighted by atomic mass is 16.4. The fourth-order valence-corrected chi connectivity index (χ4v) is 2.95. The van der Waals surface area contributed by atoms with Gasteiger partial charge < -0.3 is 10.0 Å². The van der Waals surface area contributed by atoms with Crippen molar-refractivity contribution in [2.24, 2.45) is 5.92 Å². The zero-order chi connectivity index (χ0) is 16.2. The molecule has 23 heavy (non-hydrogen) atoms. The topological polar surface area (TPSA) is 66.3 Å². The first kappa shape index (κ1) is 15.5. The van der Waals surface area contributed by atoms with Gasteiger partial charge in [-0.25, -0.2) is 0 Å². The molecule has 5 nitrogen and oxygen atoms in total. The number of anilines is 1. The van der Waals surface area contributed by atoms with Crippen molar-refractivity contribution in [3.8, 4) is 11.3 Å². The smallest absolute Gasteiger partial charge is 0.308 e. The zero-order valence-corrected chi connectivity index (χ0v) is 13.3. The number of aryl methyl sites for hydroxylation is 1. The van der Waals surface area contributed by atoms with Gasteiger partial charge in [0.2, 0.25) is 0 Å². The number of carboxylic acids is 1. The maximum Gasteiger partial charge on any atom is 0.308 e. The quantitative estimate of drug-likeness (QED) is 0.940. The number of aromatic nitrogens is 2. The molecule has 1 fully saturated rings. The third-order valence-corrected chi connectivity index (χ3v) is 4.40. The van der Waals surface area contributed by atoms with E-state index < -0.39 is 5.97 Å². The van der Waals surface area contributed by atoms with Crippen LogP contribution in [0.15, 0.2) is 36.4 Å². The molecule has 1 aliphatic heterocycles. The largest absolute Gasteiger partial charge is 0.481 e. The van der Waals surface area contributed by atoms with Crippen molar-refractivity contribution in [1.82, 2.24) is 10.2 Å². The molecule has 0 saturated carbocycles. The molecule has 1 unspecified atom stereocenters. The molecule has 2 heterocycles. The Kier molecular flexibility index (Phi) is 4.55. The fraction of sp³-hybridized carbons (Fsp3) is 0.389. The van der Waals surface area contributed by atoms with Crippen molar-refractivity contribution in [3.63, 3.8) is 0 Å². The van der Waals surface area contributed by atoms with Gasteiger partial charge in [0.15, 0.2) is 5.82 Å². The van der Waals surface area contributed by atoms with E-state index in [1.165, 1.54) is 5.56 Å². The zero-order valence-electron chi connectivity index (χ0n) is 13.3. The molecule has 120 valence electrons. The van der Waals surface area contributed by atoms with Gasteiger partial charge in [-0.3, -0.25) is 4.79 Å². The van der Waals surface area contributed by atoms with Gasteiger partial charge >= 0.3 is 5.97 Å². The summed E-state index contributed by atoms with van der Waals surface area (Å²) in [6, 6.07) is 12.2. The molecule has 1 N–H and O–H groups in total. The van der Waals surface area contributed by atoms with E-state index in [1.807, 2.05) is 17.0 Å². The Morgan fingerprint density at radius 2 is 2.00 bits per heavy atom. The standard InChI is InChI=1S/C18H21N3O2/c1-2-13-5-7-14(8-6-13)16-9-10-17(20-19-16)21-11-3-4-15(12-21)18(22)23/h5-10,15H,2-4,11-12H2,1H3,(H,22,23). The second-order valence-electron chi connectivity index (χ2n) is 5.95. The summed E-state index contributed by atoms with van der Waals surface area (Å²) in [7, 11) is 0. The minimum atomic E-state index is -0.727. The number of rotatable bonds is 4. The molecule has 0 bridgehead atoms. The summed E-state index contributed by atoms with van der Waals surface area (Å²) in [6.45, 7) is 3.48. The number of carboxylic acid groups (broad SMARTS) is 1. The highest BCUT2D eigenvalue weighted by Crippen LogP contribution is 2.23. The Bertz CT molecular complexity index is 668. The molecule has 1 aromatic carbocycles. The number of hydrogen-bond donors (Lipinski definition) is 1. The van der Waals surface area contributed by atoms with Crippen LogP contribution in [-0.2, 0) is 11.2 Å². The third-order valence-electron chi connectivity index (χ3n) is 4.40. The van der Waals surface area contributed by atoms with Crippen LogP contribution in [-0.4, -0.2) is 34.4 Å². The van der Waals surface area contributed by atoms with Crippen LogP contribution in [0.1, 0.15) is 25.3 Å². The lowest BCUT2D eigenvalue weighted by molar-refractivity contribution is -0.141. The van der Waals surface area contributed by atoms with Crippen molar-refractivity contribution in [2.45, 2.75) is 26.2 Å². The van der Waals surface area contributed by atoms with Crippen molar-refractivity contribution < 1.29 is 9.90 Å². The average molecular weight is 311 g/mol. The molecule has 0 radical (unpaired) electrons. The molecule has 1 atom stereocenters. The third kappa shape index (κ3) is 3.50. The highest BCUT2D eigenvalue weighted by Gasteiger charge is 2.26. The lowest BCUT2D eigenvalue weighted by atomic mass is 9.98. The van der Waals surface area contributed by atoms with Gasteiger partial charge in [0.05, 0.1) is 11.6 Å². The van der Waals surface area contributed by atoms with Crippen LogP contribution in [0, 0.1) is 5.92 Å². The van der Waals surface area contributed by atoms with Gasteiger partial charge in [-0.1, -0.05) is 31.2 Å². The summed E-state index contributed by atoms with van der Waals surface area (Å²) in [5, 5.41) is 17.8. The molecule has 2 aromatic rings. The van der Waals surface area contributed by atoms with Crippen LogP contribution in [0.4, 0.5) is 5.82 Å². The Morgan fingerprint density at radius 3 is 2.61 bits per heavy atom. The molecule has 1 saturated heterocycles. The van der Waals surface area contributed by atoms with E-state index in [1.54, 1.807) is 0 Å². The molecule has 0 aliphatic carbocycles. The first-order valence-corrected chi connectivity index (χ1v) is 8.08. The first-order valence-electron chi connectivity index (χ1n) is 8.08. The lowest BCUT2D eigenvalue weighted by Crippen LogP contribution is -2.39. The van der Waals surface area contributed by atoms with E-state index >= 15 is 0 Å². The minimum absolute atomic E-state index is 0.313. The second kappa shape index (κ2) is 6.77. The maximum atomic E-state index is 11.2. The Hall–Kier alpha value is -2.43. The summed E-state index contributed by atoms with van der Waals surface area (Å²) in [5.74, 6) is -0.285. The molecule has 5 heteroatoms. The number of hydrogen-bond acceptors (Lipinski definition) is 4. The van der Waals surface area contributed by atoms with E-state index in [-0.39, 0.29) is 5.92 Å². The number of carbonyl (C=O) groups is 1. The Labute approximate surface area is 136 Å². The predicted molar refractivity (Wildman–Crippen MR) is 89.4 cm³/mol. The highest BCUT2D eigenvalue weighted by molar-refractivity contribution is 5.71. The molecular formula is C18H21N3O2. The van der Waals surface area contributed by atoms with Crippen molar-refractivity contribution in [2.75, 3.05) is 18.0 Å². The van der Waals surface area contributed by atoms with Gasteiger partial charge in [0, 0.05) is 18.7 Å². The van der Waals surface area contributed by atoms with Crippen LogP contribution < -0.4 is 4.90 Å². The van der Waals surface area contributed by atoms with E-state index in [4.69, 9.17) is 0 Å². The Balaban J connectivity index is 1.74. The molecule has 1 aromatic heterocycles. The van der Waals surface area contributed by atoms with Gasteiger partial charge in [0.1, 0.15) is 0 Å². The first-order chi connectivity index (χ1) is 11.2. The molecule has 3 rings (SSSR count). The molecular weight excluding hydrogens is 290 g/mol. The van der Waals surface area contributed by atoms with Crippen LogP contribution >= 0.6 is 0 Å². The molecule has 0 amide bonds. The monoisotopic (exact) mass is 311 g/mol. The van der Waals surface area contributed by atoms with Crippen LogP contribution in [0.25, 0.3) is 11.3 Å². The predicted octanol–water partition coefficient (Wildman–Crippen LogP) is 3.01. The summed E-state index contributed by atoms with van der Waals surface area (Å²) in [5.41, 5.74) is 3.18. The number of nitrogens with zero attached hydrogens (tertiary/aromatic N) is 3. The van der Waals surface area contributed by atoms with E-state index in [9.17, 15) is 9.90 Å². The summed E-state index contributed by atoms with van der Waals surface area (Å²) < 4.78 is 0. The number of aliphatic carboxylic acids is 1. The van der Waals surface area contributed by atoms with Crippen molar-refractivity contribution in [3.05, 3.63) is 42.0 Å². The summed E-state index contributed by atoms with van der Waals surface area (Å²) in [4.78, 5) is 13.2. The fourth-order valence-electron chi connectivity index (χ4n) is 2.95. The van der Waals surface area contributed by atoms with Crippen LogP contribution in [0.2, 0.25) is 0 Å². The average Bonchev–Trinajstić information content (AvgIpc) is 2.62. The van der Waals surface area contributed by atoms with E-state index in [0.29, 0.717) is 6.54 Å². The SMILES string of the molecule is CCc1ccc(-c2ccc(N3CCCC(C(=O)O)C3)nn2)cc1. The lowest BCUT2D eigenvalue weighted by Gasteiger charge is -2.31. The summed E-state index contributed by atoms with van der Waals surface area (Å²) in [6.07, 6.45) is 2.63. The van der Waals surface area contributed by atoms with Gasteiger partial charge in [0.25, 0.3) is 0 Å². The van der Waals surface area contributed by atoms with Crippen molar-refractivity contribution in [1.29, 1.82) is 0 Å². The van der Waals surface area contributed by atoms with E-state index in [0.717, 1.165) is 42.9 Å². The normalized spacial score (nSPS) is 18.0. The van der Waals surface area contributed by atoms with Gasteiger partial charge in [-0.15, -0.1) is 10.2 Å². The maximum absolute atomic E-state index is 11.2. The summed E-state index contributed by atoms with van der Waals surface area (Å²) >= 11 is 0. The number of piperidine rings is 1. The second-order valence-corrected chi connectivity index (χ2v) is 5.95. The molecule has 0 spiro atoms.